The van der Waals surface area contributed by atoms with Gasteiger partial charge < -0.3 is 10.6 Å². The molecule has 2 N–H and O–H groups in total. The van der Waals surface area contributed by atoms with Crippen molar-refractivity contribution in [3.8, 4) is 0 Å². The van der Waals surface area contributed by atoms with Crippen molar-refractivity contribution in [3.63, 3.8) is 0 Å². The van der Waals surface area contributed by atoms with Crippen molar-refractivity contribution in [3.05, 3.63) is 11.9 Å². The molecule has 4 aliphatic carbocycles. The molecule has 1 aliphatic heterocycles. The molecule has 4 bridgehead atoms. The van der Waals surface area contributed by atoms with Crippen LogP contribution in [-0.2, 0) is 0 Å². The predicted molar refractivity (Wildman–Crippen MR) is 106 cm³/mol. The van der Waals surface area contributed by atoms with Gasteiger partial charge >= 0.3 is 0 Å². The Balaban J connectivity index is 0.00000180. The number of carbonyl (C=O) groups excluding carboxylic acids is 1. The van der Waals surface area contributed by atoms with Crippen LogP contribution in [0.25, 0.3) is 0 Å². The van der Waals surface area contributed by atoms with Crippen LogP contribution in [0, 0.1) is 23.2 Å². The van der Waals surface area contributed by atoms with E-state index in [1.165, 1.54) is 38.5 Å². The van der Waals surface area contributed by atoms with E-state index >= 15 is 0 Å². The van der Waals surface area contributed by atoms with E-state index in [1.807, 2.05) is 10.9 Å². The van der Waals surface area contributed by atoms with Crippen molar-refractivity contribution in [1.82, 2.24) is 25.6 Å². The average molecular weight is 394 g/mol. The van der Waals surface area contributed by atoms with Crippen molar-refractivity contribution < 1.29 is 4.79 Å². The van der Waals surface area contributed by atoms with Gasteiger partial charge in [-0.25, -0.2) is 4.68 Å². The Morgan fingerprint density at radius 1 is 1.15 bits per heavy atom. The van der Waals surface area contributed by atoms with Crippen molar-refractivity contribution in [2.75, 3.05) is 19.6 Å². The van der Waals surface area contributed by atoms with E-state index in [2.05, 4.69) is 20.9 Å². The van der Waals surface area contributed by atoms with Gasteiger partial charge in [-0.15, -0.1) is 17.5 Å². The molecule has 1 saturated heterocycles. The van der Waals surface area contributed by atoms with E-state index in [-0.39, 0.29) is 18.3 Å². The summed E-state index contributed by atoms with van der Waals surface area (Å²) in [6.07, 6.45) is 13.7. The predicted octanol–water partition coefficient (Wildman–Crippen LogP) is 2.96. The lowest BCUT2D eigenvalue weighted by molar-refractivity contribution is -0.0564. The van der Waals surface area contributed by atoms with Crippen molar-refractivity contribution in [1.29, 1.82) is 0 Å². The number of rotatable bonds is 5. The molecule has 27 heavy (non-hydrogen) atoms. The average Bonchev–Trinajstić information content (AvgIpc) is 3.11. The second kappa shape index (κ2) is 7.70. The number of carbonyl (C=O) groups is 1. The number of piperidine rings is 1. The molecule has 7 heteroatoms. The van der Waals surface area contributed by atoms with Gasteiger partial charge in [0.1, 0.15) is 0 Å². The number of amides is 1. The highest BCUT2D eigenvalue weighted by Crippen LogP contribution is 2.61. The topological polar surface area (TPSA) is 71.8 Å². The Kier molecular flexibility index (Phi) is 5.48. The van der Waals surface area contributed by atoms with E-state index in [0.717, 1.165) is 56.7 Å². The Morgan fingerprint density at radius 2 is 1.78 bits per heavy atom. The summed E-state index contributed by atoms with van der Waals surface area (Å²) in [7, 11) is 0. The number of nitrogens with zero attached hydrogens (tertiary/aromatic N) is 3. The number of aromatic nitrogens is 3. The van der Waals surface area contributed by atoms with Crippen molar-refractivity contribution in [2.24, 2.45) is 23.2 Å². The van der Waals surface area contributed by atoms with Crippen LogP contribution in [0.2, 0.25) is 0 Å². The summed E-state index contributed by atoms with van der Waals surface area (Å²) in [5.74, 6) is 2.86. The molecule has 1 aromatic heterocycles. The van der Waals surface area contributed by atoms with Gasteiger partial charge in [-0.1, -0.05) is 5.21 Å². The highest BCUT2D eigenvalue weighted by molar-refractivity contribution is 5.91. The lowest BCUT2D eigenvalue weighted by Crippen LogP contribution is -2.47. The van der Waals surface area contributed by atoms with Crippen LogP contribution in [0.15, 0.2) is 6.20 Å². The van der Waals surface area contributed by atoms with E-state index in [4.69, 9.17) is 0 Å². The maximum atomic E-state index is 12.5. The molecule has 0 radical (unpaired) electrons. The van der Waals surface area contributed by atoms with Crippen LogP contribution in [0.3, 0.4) is 0 Å². The molecule has 1 amide bonds. The van der Waals surface area contributed by atoms with Gasteiger partial charge in [-0.05, 0) is 94.0 Å². The first-order valence-electron chi connectivity index (χ1n) is 10.6. The third kappa shape index (κ3) is 3.88. The lowest BCUT2D eigenvalue weighted by Gasteiger charge is -2.57. The lowest BCUT2D eigenvalue weighted by atomic mass is 9.49. The summed E-state index contributed by atoms with van der Waals surface area (Å²) in [6, 6.07) is 0.373. The summed E-state index contributed by atoms with van der Waals surface area (Å²) in [6.45, 7) is 2.81. The molecule has 150 valence electrons. The normalized spacial score (nSPS) is 35.0. The maximum absolute atomic E-state index is 12.5. The van der Waals surface area contributed by atoms with Gasteiger partial charge in [0, 0.05) is 6.54 Å². The first-order chi connectivity index (χ1) is 12.7. The Bertz CT molecular complexity index is 634. The molecular weight excluding hydrogens is 362 g/mol. The standard InChI is InChI=1S/C20H31N5O.ClH/c26-19(18-13-25(24-23-18)17-1-4-21-5-2-17)22-6-3-20-10-14-7-15(11-20)9-16(8-14)12-20;/h13-17,21H,1-12H2,(H,22,26);1H. The van der Waals surface area contributed by atoms with E-state index in [1.54, 1.807) is 0 Å². The molecule has 5 fully saturated rings. The van der Waals surface area contributed by atoms with Gasteiger partial charge in [0.05, 0.1) is 12.2 Å². The summed E-state index contributed by atoms with van der Waals surface area (Å²) >= 11 is 0. The SMILES string of the molecule is Cl.O=C(NCCC12CC3CC(CC(C3)C1)C2)c1cn(C2CCNCC2)nn1. The molecule has 0 aromatic carbocycles. The zero-order valence-electron chi connectivity index (χ0n) is 16.0. The second-order valence-corrected chi connectivity index (χ2v) is 9.49. The van der Waals surface area contributed by atoms with Crippen LogP contribution in [0.4, 0.5) is 0 Å². The molecule has 6 rings (SSSR count). The first kappa shape index (κ1) is 19.2. The van der Waals surface area contributed by atoms with Crippen LogP contribution in [0.1, 0.15) is 74.3 Å². The summed E-state index contributed by atoms with van der Waals surface area (Å²) in [5.41, 5.74) is 0.989. The Hall–Kier alpha value is -1.14. The fourth-order valence-corrected chi connectivity index (χ4v) is 6.76. The highest BCUT2D eigenvalue weighted by atomic mass is 35.5. The van der Waals surface area contributed by atoms with Crippen LogP contribution in [0.5, 0.6) is 0 Å². The summed E-state index contributed by atoms with van der Waals surface area (Å²) in [5, 5.41) is 14.8. The monoisotopic (exact) mass is 393 g/mol. The maximum Gasteiger partial charge on any atom is 0.273 e. The zero-order valence-corrected chi connectivity index (χ0v) is 16.8. The van der Waals surface area contributed by atoms with Crippen LogP contribution < -0.4 is 10.6 Å². The van der Waals surface area contributed by atoms with Gasteiger partial charge in [0.2, 0.25) is 0 Å². The molecular formula is C20H32ClN5O. The first-order valence-corrected chi connectivity index (χ1v) is 10.6. The molecule has 4 saturated carbocycles. The highest BCUT2D eigenvalue weighted by Gasteiger charge is 2.50. The number of hydrogen-bond acceptors (Lipinski definition) is 4. The molecule has 0 atom stereocenters. The van der Waals surface area contributed by atoms with E-state index < -0.39 is 0 Å². The van der Waals surface area contributed by atoms with E-state index in [9.17, 15) is 4.79 Å². The molecule has 0 spiro atoms. The fourth-order valence-electron chi connectivity index (χ4n) is 6.76. The Labute approximate surface area is 167 Å². The minimum absolute atomic E-state index is 0. The van der Waals surface area contributed by atoms with Crippen molar-refractivity contribution in [2.45, 2.75) is 63.8 Å². The minimum Gasteiger partial charge on any atom is -0.351 e. The largest absolute Gasteiger partial charge is 0.351 e. The molecule has 6 nitrogen and oxygen atoms in total. The fraction of sp³-hybridized carbons (Fsp3) is 0.850. The second-order valence-electron chi connectivity index (χ2n) is 9.49. The van der Waals surface area contributed by atoms with Crippen LogP contribution >= 0.6 is 12.4 Å². The summed E-state index contributed by atoms with van der Waals surface area (Å²) in [4.78, 5) is 12.5. The summed E-state index contributed by atoms with van der Waals surface area (Å²) < 4.78 is 1.88. The quantitative estimate of drug-likeness (QED) is 0.806. The molecule has 5 aliphatic rings. The smallest absolute Gasteiger partial charge is 0.273 e. The third-order valence-electron chi connectivity index (χ3n) is 7.53. The minimum atomic E-state index is -0.0603. The molecule has 2 heterocycles. The molecule has 0 unspecified atom stereocenters. The van der Waals surface area contributed by atoms with Gasteiger partial charge in [0.15, 0.2) is 5.69 Å². The molecule has 1 aromatic rings. The Morgan fingerprint density at radius 3 is 2.41 bits per heavy atom. The van der Waals surface area contributed by atoms with Gasteiger partial charge in [-0.3, -0.25) is 4.79 Å². The zero-order chi connectivity index (χ0) is 17.6. The van der Waals surface area contributed by atoms with Crippen molar-refractivity contribution >= 4 is 18.3 Å². The number of halogens is 1. The van der Waals surface area contributed by atoms with E-state index in [0.29, 0.717) is 17.2 Å². The van der Waals surface area contributed by atoms with Gasteiger partial charge in [-0.2, -0.15) is 0 Å². The van der Waals surface area contributed by atoms with Gasteiger partial charge in [0.25, 0.3) is 5.91 Å². The third-order valence-corrected chi connectivity index (χ3v) is 7.53. The van der Waals surface area contributed by atoms with Crippen LogP contribution in [-0.4, -0.2) is 40.5 Å². The number of nitrogens with one attached hydrogen (secondary N) is 2. The number of hydrogen-bond donors (Lipinski definition) is 2.